The van der Waals surface area contributed by atoms with Crippen LogP contribution in [0.2, 0.25) is 5.02 Å². The lowest BCUT2D eigenvalue weighted by Crippen LogP contribution is -2.46. The Kier molecular flexibility index (Phi) is 7.06. The van der Waals surface area contributed by atoms with Gasteiger partial charge in [-0.15, -0.1) is 11.8 Å². The number of thioether (sulfide) groups is 1. The number of ether oxygens (including phenoxy) is 2. The summed E-state index contributed by atoms with van der Waals surface area (Å²) >= 11 is 7.78. The van der Waals surface area contributed by atoms with E-state index in [4.69, 9.17) is 21.1 Å². The fourth-order valence-electron chi connectivity index (χ4n) is 3.73. The Bertz CT molecular complexity index is 830. The first-order valence-corrected chi connectivity index (χ1v) is 11.5. The molecule has 0 saturated carbocycles. The van der Waals surface area contributed by atoms with Crippen molar-refractivity contribution in [3.05, 3.63) is 47.2 Å². The zero-order chi connectivity index (χ0) is 20.1. The normalized spacial score (nSPS) is 16.8. The third-order valence-electron chi connectivity index (χ3n) is 5.28. The van der Waals surface area contributed by atoms with Crippen LogP contribution in [0.25, 0.3) is 0 Å². The third-order valence-corrected chi connectivity index (χ3v) is 6.86. The molecule has 0 N–H and O–H groups in total. The topological polar surface area (TPSA) is 24.9 Å². The highest BCUT2D eigenvalue weighted by molar-refractivity contribution is 7.99. The second-order valence-electron chi connectivity index (χ2n) is 7.26. The van der Waals surface area contributed by atoms with Crippen LogP contribution < -0.4 is 14.4 Å². The van der Waals surface area contributed by atoms with Gasteiger partial charge in [0.05, 0.1) is 10.7 Å². The molecule has 0 radical (unpaired) electrons. The molecule has 4 rings (SSSR count). The summed E-state index contributed by atoms with van der Waals surface area (Å²) in [5.74, 6) is 2.46. The Hall–Kier alpha value is -1.63. The summed E-state index contributed by atoms with van der Waals surface area (Å²) in [5.41, 5.74) is 1.15. The second kappa shape index (κ2) is 9.92. The zero-order valence-electron chi connectivity index (χ0n) is 16.4. The molecule has 156 valence electrons. The van der Waals surface area contributed by atoms with Gasteiger partial charge in [-0.25, -0.2) is 4.39 Å². The van der Waals surface area contributed by atoms with Crippen molar-refractivity contribution in [3.8, 4) is 11.5 Å². The molecule has 2 aliphatic rings. The first-order chi connectivity index (χ1) is 14.2. The maximum absolute atomic E-state index is 13.1. The minimum absolute atomic E-state index is 0.284. The molecule has 0 spiro atoms. The minimum Gasteiger partial charge on any atom is -0.486 e. The first kappa shape index (κ1) is 20.6. The van der Waals surface area contributed by atoms with Gasteiger partial charge in [0.2, 0.25) is 0 Å². The molecule has 2 aromatic rings. The summed E-state index contributed by atoms with van der Waals surface area (Å²) < 4.78 is 24.7. The lowest BCUT2D eigenvalue weighted by Gasteiger charge is -2.37. The van der Waals surface area contributed by atoms with Crippen molar-refractivity contribution in [1.29, 1.82) is 0 Å². The molecule has 2 aliphatic heterocycles. The van der Waals surface area contributed by atoms with Crippen LogP contribution in [0, 0.1) is 5.82 Å². The molecule has 0 aliphatic carbocycles. The van der Waals surface area contributed by atoms with E-state index in [1.54, 1.807) is 17.8 Å². The number of anilines is 1. The summed E-state index contributed by atoms with van der Waals surface area (Å²) in [6, 6.07) is 10.8. The summed E-state index contributed by atoms with van der Waals surface area (Å²) in [6.45, 7) is 6.46. The fourth-order valence-corrected chi connectivity index (χ4v) is 4.99. The number of fused-ring (bicyclic) bond motifs is 1. The average Bonchev–Trinajstić information content (AvgIpc) is 2.75. The van der Waals surface area contributed by atoms with Gasteiger partial charge in [-0.3, -0.25) is 4.90 Å². The third kappa shape index (κ3) is 5.30. The van der Waals surface area contributed by atoms with Crippen LogP contribution >= 0.6 is 23.4 Å². The van der Waals surface area contributed by atoms with Crippen LogP contribution in [-0.4, -0.2) is 56.6 Å². The second-order valence-corrected chi connectivity index (χ2v) is 8.80. The molecule has 0 amide bonds. The SMILES string of the molecule is Fc1ccc(SCCCCN2CCN(c3cccc4c3OCCO4)CC2)c(Cl)c1. The van der Waals surface area contributed by atoms with Crippen molar-refractivity contribution in [1.82, 2.24) is 4.90 Å². The van der Waals surface area contributed by atoms with E-state index in [0.29, 0.717) is 18.2 Å². The fraction of sp³-hybridized carbons (Fsp3) is 0.455. The predicted molar refractivity (Wildman–Crippen MR) is 117 cm³/mol. The summed E-state index contributed by atoms with van der Waals surface area (Å²) in [6.07, 6.45) is 2.28. The lowest BCUT2D eigenvalue weighted by atomic mass is 10.2. The Morgan fingerprint density at radius 1 is 1.00 bits per heavy atom. The average molecular weight is 437 g/mol. The molecular weight excluding hydrogens is 411 g/mol. The quantitative estimate of drug-likeness (QED) is 0.452. The van der Waals surface area contributed by atoms with Crippen molar-refractivity contribution < 1.29 is 13.9 Å². The Morgan fingerprint density at radius 3 is 2.66 bits per heavy atom. The summed E-state index contributed by atoms with van der Waals surface area (Å²) in [5, 5.41) is 0.503. The molecule has 2 heterocycles. The lowest BCUT2D eigenvalue weighted by molar-refractivity contribution is 0.171. The minimum atomic E-state index is -0.284. The molecule has 0 aromatic heterocycles. The highest BCUT2D eigenvalue weighted by atomic mass is 35.5. The van der Waals surface area contributed by atoms with Crippen LogP contribution in [0.1, 0.15) is 12.8 Å². The molecule has 0 unspecified atom stereocenters. The van der Waals surface area contributed by atoms with E-state index in [-0.39, 0.29) is 5.82 Å². The maximum Gasteiger partial charge on any atom is 0.184 e. The number of rotatable bonds is 7. The van der Waals surface area contributed by atoms with Gasteiger partial charge in [-0.1, -0.05) is 17.7 Å². The number of piperazine rings is 1. The van der Waals surface area contributed by atoms with Gasteiger partial charge in [-0.05, 0) is 55.5 Å². The highest BCUT2D eigenvalue weighted by Crippen LogP contribution is 2.39. The number of unbranched alkanes of at least 4 members (excludes halogenated alkanes) is 1. The molecule has 4 nitrogen and oxygen atoms in total. The van der Waals surface area contributed by atoms with Crippen LogP contribution in [0.5, 0.6) is 11.5 Å². The van der Waals surface area contributed by atoms with Crippen molar-refractivity contribution in [2.45, 2.75) is 17.7 Å². The smallest absolute Gasteiger partial charge is 0.184 e. The standard InChI is InChI=1S/C22H26ClFN2O2S/c23-18-16-17(24)6-7-21(18)29-15-2-1-8-25-9-11-26(12-10-25)19-4-3-5-20-22(19)28-14-13-27-20/h3-7,16H,1-2,8-15H2. The van der Waals surface area contributed by atoms with Gasteiger partial charge in [0.25, 0.3) is 0 Å². The van der Waals surface area contributed by atoms with E-state index in [0.717, 1.165) is 73.4 Å². The molecule has 2 aromatic carbocycles. The van der Waals surface area contributed by atoms with Gasteiger partial charge in [0.1, 0.15) is 19.0 Å². The van der Waals surface area contributed by atoms with Crippen molar-refractivity contribution in [2.75, 3.05) is 56.6 Å². The van der Waals surface area contributed by atoms with Gasteiger partial charge in [0.15, 0.2) is 11.5 Å². The van der Waals surface area contributed by atoms with Crippen molar-refractivity contribution >= 4 is 29.1 Å². The molecular formula is C22H26ClFN2O2S. The van der Waals surface area contributed by atoms with Gasteiger partial charge >= 0.3 is 0 Å². The van der Waals surface area contributed by atoms with Crippen LogP contribution in [0.3, 0.4) is 0 Å². The highest BCUT2D eigenvalue weighted by Gasteiger charge is 2.23. The maximum atomic E-state index is 13.1. The number of benzene rings is 2. The van der Waals surface area contributed by atoms with E-state index < -0.39 is 0 Å². The zero-order valence-corrected chi connectivity index (χ0v) is 18.0. The number of hydrogen-bond donors (Lipinski definition) is 0. The van der Waals surface area contributed by atoms with Crippen molar-refractivity contribution in [3.63, 3.8) is 0 Å². The predicted octanol–water partition coefficient (Wildman–Crippen LogP) is 4.94. The number of hydrogen-bond acceptors (Lipinski definition) is 5. The molecule has 29 heavy (non-hydrogen) atoms. The van der Waals surface area contributed by atoms with Crippen LogP contribution in [-0.2, 0) is 0 Å². The van der Waals surface area contributed by atoms with Gasteiger partial charge in [0, 0.05) is 31.1 Å². The Balaban J connectivity index is 1.18. The largest absolute Gasteiger partial charge is 0.486 e. The van der Waals surface area contributed by atoms with Crippen molar-refractivity contribution in [2.24, 2.45) is 0 Å². The molecule has 0 atom stereocenters. The number of nitrogens with zero attached hydrogens (tertiary/aromatic N) is 2. The molecule has 7 heteroatoms. The Labute approximate surface area is 180 Å². The summed E-state index contributed by atoms with van der Waals surface area (Å²) in [4.78, 5) is 5.88. The number of para-hydroxylation sites is 1. The van der Waals surface area contributed by atoms with Crippen LogP contribution in [0.4, 0.5) is 10.1 Å². The Morgan fingerprint density at radius 2 is 1.83 bits per heavy atom. The van der Waals surface area contributed by atoms with E-state index in [9.17, 15) is 4.39 Å². The van der Waals surface area contributed by atoms with E-state index in [2.05, 4.69) is 15.9 Å². The molecule has 0 bridgehead atoms. The monoisotopic (exact) mass is 436 g/mol. The van der Waals surface area contributed by atoms with E-state index in [1.807, 2.05) is 12.1 Å². The van der Waals surface area contributed by atoms with Gasteiger partial charge in [-0.2, -0.15) is 0 Å². The first-order valence-electron chi connectivity index (χ1n) is 10.1. The van der Waals surface area contributed by atoms with Gasteiger partial charge < -0.3 is 14.4 Å². The molecule has 1 saturated heterocycles. The number of halogens is 2. The summed E-state index contributed by atoms with van der Waals surface area (Å²) in [7, 11) is 0. The van der Waals surface area contributed by atoms with E-state index in [1.165, 1.54) is 12.1 Å². The van der Waals surface area contributed by atoms with Crippen LogP contribution in [0.15, 0.2) is 41.3 Å². The molecule has 1 fully saturated rings. The van der Waals surface area contributed by atoms with E-state index >= 15 is 0 Å².